The fraction of sp³-hybridized carbons (Fsp3) is 0.750. The largest absolute Gasteiger partial charge is 0.347 e. The summed E-state index contributed by atoms with van der Waals surface area (Å²) < 4.78 is 0. The van der Waals surface area contributed by atoms with E-state index >= 15 is 0 Å². The van der Waals surface area contributed by atoms with Gasteiger partial charge in [-0.15, -0.1) is 0 Å². The predicted octanol–water partition coefficient (Wildman–Crippen LogP) is 0.281. The Bertz CT molecular complexity index is 418. The minimum atomic E-state index is -0.775. The van der Waals surface area contributed by atoms with Gasteiger partial charge in [0.25, 0.3) is 5.91 Å². The maximum Gasteiger partial charge on any atom is 0.325 e. The van der Waals surface area contributed by atoms with Gasteiger partial charge in [-0.2, -0.15) is 11.8 Å². The van der Waals surface area contributed by atoms with Crippen LogP contribution in [0.2, 0.25) is 0 Å². The Morgan fingerprint density at radius 3 is 2.47 bits per heavy atom. The molecule has 19 heavy (non-hydrogen) atoms. The molecule has 2 rings (SSSR count). The molecule has 2 aliphatic heterocycles. The maximum absolute atomic E-state index is 12.5. The summed E-state index contributed by atoms with van der Waals surface area (Å²) in [5, 5.41) is 2.80. The molecule has 1 N–H and O–H groups in total. The first-order valence-corrected chi connectivity index (χ1v) is 7.49. The highest BCUT2D eigenvalue weighted by Gasteiger charge is 2.53. The van der Waals surface area contributed by atoms with Crippen LogP contribution in [0.5, 0.6) is 0 Å². The first kappa shape index (κ1) is 14.2. The van der Waals surface area contributed by atoms with E-state index in [-0.39, 0.29) is 11.8 Å². The summed E-state index contributed by atoms with van der Waals surface area (Å²) in [5.41, 5.74) is -0.775. The topological polar surface area (TPSA) is 69.7 Å². The molecule has 2 saturated heterocycles. The van der Waals surface area contributed by atoms with Crippen molar-refractivity contribution in [1.29, 1.82) is 0 Å². The molecule has 0 aromatic rings. The number of imide groups is 1. The minimum Gasteiger partial charge on any atom is -0.347 e. The minimum absolute atomic E-state index is 0.245. The van der Waals surface area contributed by atoms with Crippen LogP contribution < -0.4 is 5.32 Å². The smallest absolute Gasteiger partial charge is 0.325 e. The second kappa shape index (κ2) is 5.03. The number of carbonyl (C=O) groups excluding carboxylic acids is 3. The number of hydrogen-bond donors (Lipinski definition) is 1. The summed E-state index contributed by atoms with van der Waals surface area (Å²) in [6, 6.07) is -1.20. The summed E-state index contributed by atoms with van der Waals surface area (Å²) in [6.45, 7) is 1.59. The number of urea groups is 1. The van der Waals surface area contributed by atoms with Crippen LogP contribution in [0.3, 0.4) is 0 Å². The highest BCUT2D eigenvalue weighted by atomic mass is 32.2. The first-order chi connectivity index (χ1) is 8.89. The molecule has 0 radical (unpaired) electrons. The van der Waals surface area contributed by atoms with Crippen molar-refractivity contribution in [3.05, 3.63) is 0 Å². The van der Waals surface area contributed by atoms with Crippen molar-refractivity contribution in [2.45, 2.75) is 31.3 Å². The van der Waals surface area contributed by atoms with Gasteiger partial charge in [0, 0.05) is 14.1 Å². The third-order valence-corrected chi connectivity index (χ3v) is 4.71. The maximum atomic E-state index is 12.5. The molecule has 7 heteroatoms. The third kappa shape index (κ3) is 2.31. The SMILES string of the molecule is C[C@H](C(=O)N(C)C)N1C(=O)NC2(CCSCC2)C1=O. The second-order valence-electron chi connectivity index (χ2n) is 5.21. The van der Waals surface area contributed by atoms with Gasteiger partial charge in [0.2, 0.25) is 5.91 Å². The van der Waals surface area contributed by atoms with Crippen LogP contribution in [0.1, 0.15) is 19.8 Å². The van der Waals surface area contributed by atoms with Crippen molar-refractivity contribution in [3.8, 4) is 0 Å². The van der Waals surface area contributed by atoms with Crippen LogP contribution in [0, 0.1) is 0 Å². The van der Waals surface area contributed by atoms with Crippen LogP contribution in [-0.4, -0.2) is 64.8 Å². The highest BCUT2D eigenvalue weighted by Crippen LogP contribution is 2.33. The van der Waals surface area contributed by atoms with Crippen molar-refractivity contribution in [2.75, 3.05) is 25.6 Å². The zero-order chi connectivity index (χ0) is 14.2. The van der Waals surface area contributed by atoms with Crippen molar-refractivity contribution in [2.24, 2.45) is 0 Å². The Hall–Kier alpha value is -1.24. The molecule has 2 heterocycles. The average molecular weight is 285 g/mol. The normalized spacial score (nSPS) is 23.4. The van der Waals surface area contributed by atoms with E-state index in [0.29, 0.717) is 12.8 Å². The lowest BCUT2D eigenvalue weighted by Crippen LogP contribution is -2.51. The van der Waals surface area contributed by atoms with Gasteiger partial charge in [-0.05, 0) is 31.3 Å². The Morgan fingerprint density at radius 2 is 1.95 bits per heavy atom. The molecule has 106 valence electrons. The number of carbonyl (C=O) groups is 3. The van der Waals surface area contributed by atoms with Gasteiger partial charge in [-0.1, -0.05) is 0 Å². The molecule has 1 spiro atoms. The summed E-state index contributed by atoms with van der Waals surface area (Å²) in [4.78, 5) is 39.0. The highest BCUT2D eigenvalue weighted by molar-refractivity contribution is 7.99. The van der Waals surface area contributed by atoms with Crippen LogP contribution in [0.15, 0.2) is 0 Å². The summed E-state index contributed by atoms with van der Waals surface area (Å²) in [7, 11) is 3.23. The molecule has 0 aromatic carbocycles. The Balaban J connectivity index is 2.21. The van der Waals surface area contributed by atoms with E-state index in [1.54, 1.807) is 32.8 Å². The third-order valence-electron chi connectivity index (χ3n) is 3.73. The number of amides is 4. The lowest BCUT2D eigenvalue weighted by atomic mass is 9.92. The van der Waals surface area contributed by atoms with Gasteiger partial charge in [0.05, 0.1) is 0 Å². The summed E-state index contributed by atoms with van der Waals surface area (Å²) in [6.07, 6.45) is 1.28. The average Bonchev–Trinajstić information content (AvgIpc) is 2.60. The number of thioether (sulfide) groups is 1. The van der Waals surface area contributed by atoms with E-state index in [0.717, 1.165) is 16.4 Å². The molecule has 2 aliphatic rings. The Labute approximate surface area is 116 Å². The number of rotatable bonds is 2. The van der Waals surface area contributed by atoms with Gasteiger partial charge in [-0.25, -0.2) is 9.69 Å². The summed E-state index contributed by atoms with van der Waals surface area (Å²) in [5.74, 6) is 1.22. The molecule has 0 unspecified atom stereocenters. The van der Waals surface area contributed by atoms with Gasteiger partial charge in [-0.3, -0.25) is 9.59 Å². The molecular weight excluding hydrogens is 266 g/mol. The monoisotopic (exact) mass is 285 g/mol. The van der Waals surface area contributed by atoms with Crippen molar-refractivity contribution in [3.63, 3.8) is 0 Å². The number of nitrogens with one attached hydrogen (secondary N) is 1. The van der Waals surface area contributed by atoms with Gasteiger partial charge >= 0.3 is 6.03 Å². The quantitative estimate of drug-likeness (QED) is 0.740. The number of likely N-dealkylation sites (N-methyl/N-ethyl adjacent to an activating group) is 1. The van der Waals surface area contributed by atoms with Crippen LogP contribution >= 0.6 is 11.8 Å². The van der Waals surface area contributed by atoms with E-state index in [2.05, 4.69) is 5.32 Å². The first-order valence-electron chi connectivity index (χ1n) is 6.34. The van der Waals surface area contributed by atoms with E-state index in [1.807, 2.05) is 0 Å². The fourth-order valence-corrected chi connectivity index (χ4v) is 3.73. The molecular formula is C12H19N3O3S. The number of hydrogen-bond acceptors (Lipinski definition) is 4. The van der Waals surface area contributed by atoms with E-state index in [1.165, 1.54) is 4.90 Å². The second-order valence-corrected chi connectivity index (χ2v) is 6.43. The number of nitrogens with zero attached hydrogens (tertiary/aromatic N) is 2. The van der Waals surface area contributed by atoms with Crippen LogP contribution in [-0.2, 0) is 9.59 Å². The van der Waals surface area contributed by atoms with E-state index < -0.39 is 17.6 Å². The molecule has 0 aromatic heterocycles. The lowest BCUT2D eigenvalue weighted by Gasteiger charge is -2.31. The van der Waals surface area contributed by atoms with Crippen LogP contribution in [0.25, 0.3) is 0 Å². The molecule has 1 atom stereocenters. The molecule has 6 nitrogen and oxygen atoms in total. The lowest BCUT2D eigenvalue weighted by molar-refractivity contribution is -0.141. The Kier molecular flexibility index (Phi) is 3.75. The van der Waals surface area contributed by atoms with Crippen molar-refractivity contribution < 1.29 is 14.4 Å². The van der Waals surface area contributed by atoms with Gasteiger partial charge < -0.3 is 10.2 Å². The van der Waals surface area contributed by atoms with Crippen LogP contribution in [0.4, 0.5) is 4.79 Å². The zero-order valence-corrected chi connectivity index (χ0v) is 12.2. The van der Waals surface area contributed by atoms with Crippen molar-refractivity contribution in [1.82, 2.24) is 15.1 Å². The fourth-order valence-electron chi connectivity index (χ4n) is 2.54. The molecule has 0 bridgehead atoms. The van der Waals surface area contributed by atoms with Gasteiger partial charge in [0.1, 0.15) is 11.6 Å². The standard InChI is InChI=1S/C12H19N3O3S/c1-8(9(16)14(2)3)15-10(17)12(13-11(15)18)4-6-19-7-5-12/h8H,4-7H2,1-3H3,(H,13,18)/t8-/m1/s1. The van der Waals surface area contributed by atoms with Crippen molar-refractivity contribution >= 4 is 29.6 Å². The van der Waals surface area contributed by atoms with E-state index in [4.69, 9.17) is 0 Å². The molecule has 0 saturated carbocycles. The van der Waals surface area contributed by atoms with E-state index in [9.17, 15) is 14.4 Å². The zero-order valence-electron chi connectivity index (χ0n) is 11.4. The predicted molar refractivity (Wildman–Crippen MR) is 72.8 cm³/mol. The molecule has 4 amide bonds. The Morgan fingerprint density at radius 1 is 1.37 bits per heavy atom. The molecule has 0 aliphatic carbocycles. The molecule has 2 fully saturated rings. The summed E-state index contributed by atoms with van der Waals surface area (Å²) >= 11 is 1.78. The van der Waals surface area contributed by atoms with Gasteiger partial charge in [0.15, 0.2) is 0 Å².